The van der Waals surface area contributed by atoms with Crippen LogP contribution >= 0.6 is 0 Å². The summed E-state index contributed by atoms with van der Waals surface area (Å²) in [6.45, 7) is 3.90. The summed E-state index contributed by atoms with van der Waals surface area (Å²) in [5.41, 5.74) is 4.56. The zero-order valence-corrected chi connectivity index (χ0v) is 14.0. The van der Waals surface area contributed by atoms with Crippen molar-refractivity contribution in [2.24, 2.45) is 7.05 Å². The molecule has 0 saturated heterocycles. The maximum Gasteiger partial charge on any atom is 0.273 e. The van der Waals surface area contributed by atoms with E-state index in [1.807, 2.05) is 33.0 Å². The average Bonchev–Trinajstić information content (AvgIpc) is 3.13. The van der Waals surface area contributed by atoms with Crippen molar-refractivity contribution < 1.29 is 9.53 Å². The summed E-state index contributed by atoms with van der Waals surface area (Å²) in [7, 11) is 3.47. The van der Waals surface area contributed by atoms with Crippen LogP contribution in [0.15, 0.2) is 30.3 Å². The number of carbonyl (C=O) groups is 1. The summed E-state index contributed by atoms with van der Waals surface area (Å²) in [4.78, 5) is 12.4. The summed E-state index contributed by atoms with van der Waals surface area (Å²) in [5.74, 6) is 0.418. The van der Waals surface area contributed by atoms with Gasteiger partial charge in [0.2, 0.25) is 0 Å². The van der Waals surface area contributed by atoms with Gasteiger partial charge in [0.1, 0.15) is 11.4 Å². The lowest BCUT2D eigenvalue weighted by atomic mass is 10.1. The molecule has 3 aromatic rings. The van der Waals surface area contributed by atoms with Crippen LogP contribution in [0.4, 0.5) is 5.69 Å². The van der Waals surface area contributed by atoms with Crippen LogP contribution in [0.2, 0.25) is 0 Å². The van der Waals surface area contributed by atoms with Crippen LogP contribution in [0.3, 0.4) is 0 Å². The van der Waals surface area contributed by atoms with Gasteiger partial charge in [-0.15, -0.1) is 0 Å². The van der Waals surface area contributed by atoms with Crippen molar-refractivity contribution in [2.45, 2.75) is 13.8 Å². The van der Waals surface area contributed by atoms with E-state index in [2.05, 4.69) is 20.6 Å². The normalized spacial score (nSPS) is 10.7. The number of nitrogens with one attached hydrogen (secondary N) is 2. The summed E-state index contributed by atoms with van der Waals surface area (Å²) in [5, 5.41) is 14.2. The molecule has 0 aliphatic heterocycles. The molecule has 0 radical (unpaired) electrons. The van der Waals surface area contributed by atoms with E-state index in [4.69, 9.17) is 4.74 Å². The van der Waals surface area contributed by atoms with E-state index in [1.54, 1.807) is 30.0 Å². The fourth-order valence-corrected chi connectivity index (χ4v) is 2.61. The highest BCUT2D eigenvalue weighted by molar-refractivity contribution is 6.03. The number of ether oxygens (including phenoxy) is 1. The van der Waals surface area contributed by atoms with Crippen LogP contribution in [0.1, 0.15) is 21.9 Å². The Morgan fingerprint density at radius 3 is 2.75 bits per heavy atom. The minimum Gasteiger partial charge on any atom is -0.497 e. The van der Waals surface area contributed by atoms with Gasteiger partial charge in [0.25, 0.3) is 5.91 Å². The number of benzene rings is 1. The zero-order valence-electron chi connectivity index (χ0n) is 14.0. The molecule has 0 atom stereocenters. The number of aromatic amines is 1. The molecule has 124 valence electrons. The Morgan fingerprint density at radius 1 is 1.29 bits per heavy atom. The van der Waals surface area contributed by atoms with Crippen molar-refractivity contribution in [1.29, 1.82) is 0 Å². The van der Waals surface area contributed by atoms with Crippen molar-refractivity contribution in [3.8, 4) is 17.0 Å². The first-order valence-electron chi connectivity index (χ1n) is 7.51. The monoisotopic (exact) mass is 325 g/mol. The van der Waals surface area contributed by atoms with Crippen LogP contribution in [0, 0.1) is 13.8 Å². The Hall–Kier alpha value is -3.09. The molecule has 0 bridgehead atoms. The zero-order chi connectivity index (χ0) is 17.3. The van der Waals surface area contributed by atoms with Crippen LogP contribution in [-0.4, -0.2) is 33.0 Å². The van der Waals surface area contributed by atoms with E-state index in [0.717, 1.165) is 17.0 Å². The standard InChI is InChI=1S/C17H19N5O2/c1-10-16(11(2)22(3)21-10)14-9-15(20-19-14)17(23)18-12-6-5-7-13(8-12)24-4/h5-9H,1-4H3,(H,18,23)(H,19,20). The molecule has 24 heavy (non-hydrogen) atoms. The van der Waals surface area contributed by atoms with Gasteiger partial charge in [-0.2, -0.15) is 10.2 Å². The Labute approximate surface area is 139 Å². The summed E-state index contributed by atoms with van der Waals surface area (Å²) < 4.78 is 6.95. The second-order valence-corrected chi connectivity index (χ2v) is 5.52. The number of rotatable bonds is 4. The third kappa shape index (κ3) is 2.88. The number of H-pyrrole nitrogens is 1. The number of amides is 1. The summed E-state index contributed by atoms with van der Waals surface area (Å²) in [6, 6.07) is 8.91. The highest BCUT2D eigenvalue weighted by Crippen LogP contribution is 2.25. The van der Waals surface area contributed by atoms with Crippen molar-refractivity contribution in [1.82, 2.24) is 20.0 Å². The lowest BCUT2D eigenvalue weighted by molar-refractivity contribution is 0.102. The largest absolute Gasteiger partial charge is 0.497 e. The van der Waals surface area contributed by atoms with Crippen molar-refractivity contribution >= 4 is 11.6 Å². The highest BCUT2D eigenvalue weighted by atomic mass is 16.5. The number of anilines is 1. The minimum atomic E-state index is -0.263. The van der Waals surface area contributed by atoms with E-state index < -0.39 is 0 Å². The summed E-state index contributed by atoms with van der Waals surface area (Å²) in [6.07, 6.45) is 0. The molecule has 0 fully saturated rings. The number of carbonyl (C=O) groups excluding carboxylic acids is 1. The van der Waals surface area contributed by atoms with Gasteiger partial charge < -0.3 is 10.1 Å². The van der Waals surface area contributed by atoms with E-state index >= 15 is 0 Å². The molecule has 2 heterocycles. The molecule has 0 unspecified atom stereocenters. The molecule has 0 aliphatic rings. The van der Waals surface area contributed by atoms with Crippen molar-refractivity contribution in [2.75, 3.05) is 12.4 Å². The van der Waals surface area contributed by atoms with E-state index in [-0.39, 0.29) is 5.91 Å². The van der Waals surface area contributed by atoms with Gasteiger partial charge in [0.05, 0.1) is 18.5 Å². The fraction of sp³-hybridized carbons (Fsp3) is 0.235. The predicted octanol–water partition coefficient (Wildman–Crippen LogP) is 2.69. The van der Waals surface area contributed by atoms with Crippen LogP contribution in [0.25, 0.3) is 11.3 Å². The Balaban J connectivity index is 1.83. The lowest BCUT2D eigenvalue weighted by Crippen LogP contribution is -2.12. The molecule has 3 rings (SSSR count). The molecule has 0 aliphatic carbocycles. The van der Waals surface area contributed by atoms with E-state index in [1.165, 1.54) is 0 Å². The number of aromatic nitrogens is 4. The molecular formula is C17H19N5O2. The predicted molar refractivity (Wildman–Crippen MR) is 91.2 cm³/mol. The fourth-order valence-electron chi connectivity index (χ4n) is 2.61. The first-order chi connectivity index (χ1) is 11.5. The maximum absolute atomic E-state index is 12.4. The van der Waals surface area contributed by atoms with Gasteiger partial charge >= 0.3 is 0 Å². The molecular weight excluding hydrogens is 306 g/mol. The number of hydrogen-bond donors (Lipinski definition) is 2. The SMILES string of the molecule is COc1cccc(NC(=O)c2cc(-c3c(C)nn(C)c3C)n[nH]2)c1. The van der Waals surface area contributed by atoms with Gasteiger partial charge in [-0.3, -0.25) is 14.6 Å². The van der Waals surface area contributed by atoms with Gasteiger partial charge in [-0.25, -0.2) is 0 Å². The number of hydrogen-bond acceptors (Lipinski definition) is 4. The van der Waals surface area contributed by atoms with Gasteiger partial charge in [0.15, 0.2) is 0 Å². The quantitative estimate of drug-likeness (QED) is 0.772. The molecule has 2 aromatic heterocycles. The maximum atomic E-state index is 12.4. The van der Waals surface area contributed by atoms with Crippen LogP contribution < -0.4 is 10.1 Å². The van der Waals surface area contributed by atoms with Crippen LogP contribution in [0.5, 0.6) is 5.75 Å². The number of nitrogens with zero attached hydrogens (tertiary/aromatic N) is 3. The topological polar surface area (TPSA) is 84.8 Å². The van der Waals surface area contributed by atoms with E-state index in [0.29, 0.717) is 22.8 Å². The molecule has 1 aromatic carbocycles. The first-order valence-corrected chi connectivity index (χ1v) is 7.51. The molecule has 7 heteroatoms. The molecule has 1 amide bonds. The third-order valence-electron chi connectivity index (χ3n) is 3.92. The second-order valence-electron chi connectivity index (χ2n) is 5.52. The molecule has 0 spiro atoms. The summed E-state index contributed by atoms with van der Waals surface area (Å²) >= 11 is 0. The van der Waals surface area contributed by atoms with Gasteiger partial charge in [-0.1, -0.05) is 6.07 Å². The van der Waals surface area contributed by atoms with E-state index in [9.17, 15) is 4.79 Å². The third-order valence-corrected chi connectivity index (χ3v) is 3.92. The highest BCUT2D eigenvalue weighted by Gasteiger charge is 2.17. The van der Waals surface area contributed by atoms with Crippen LogP contribution in [-0.2, 0) is 7.05 Å². The Bertz CT molecular complexity index is 894. The molecule has 2 N–H and O–H groups in total. The second kappa shape index (κ2) is 6.19. The number of methoxy groups -OCH3 is 1. The Kier molecular flexibility index (Phi) is 4.07. The first kappa shape index (κ1) is 15.8. The van der Waals surface area contributed by atoms with Gasteiger partial charge in [-0.05, 0) is 32.0 Å². The van der Waals surface area contributed by atoms with Crippen molar-refractivity contribution in [3.63, 3.8) is 0 Å². The molecule has 0 saturated carbocycles. The average molecular weight is 325 g/mol. The Morgan fingerprint density at radius 2 is 2.08 bits per heavy atom. The number of aryl methyl sites for hydroxylation is 2. The van der Waals surface area contributed by atoms with Gasteiger partial charge in [0, 0.05) is 30.1 Å². The molecule has 7 nitrogen and oxygen atoms in total. The smallest absolute Gasteiger partial charge is 0.273 e. The lowest BCUT2D eigenvalue weighted by Gasteiger charge is -2.05. The minimum absolute atomic E-state index is 0.263. The van der Waals surface area contributed by atoms with Crippen molar-refractivity contribution in [3.05, 3.63) is 47.4 Å².